The molecule has 0 aliphatic rings. The quantitative estimate of drug-likeness (QED) is 0.662. The molecule has 1 aromatic carbocycles. The summed E-state index contributed by atoms with van der Waals surface area (Å²) in [4.78, 5) is 8.04. The molecule has 2 aromatic heterocycles. The fourth-order valence-corrected chi connectivity index (χ4v) is 1.90. The number of hydrogen-bond donors (Lipinski definition) is 0. The lowest BCUT2D eigenvalue weighted by Crippen LogP contribution is -2.02. The molecule has 6 heteroatoms. The summed E-state index contributed by atoms with van der Waals surface area (Å²) in [5.74, 6) is 0. The van der Waals surface area contributed by atoms with Crippen LogP contribution in [-0.2, 0) is 6.54 Å². The van der Waals surface area contributed by atoms with Crippen LogP contribution in [0.15, 0.2) is 30.6 Å². The Morgan fingerprint density at radius 1 is 1.17 bits per heavy atom. The van der Waals surface area contributed by atoms with E-state index in [0.717, 1.165) is 5.56 Å². The maximum atomic E-state index is 5.93. The molecule has 0 unspecified atom stereocenters. The molecule has 0 saturated heterocycles. The second-order valence-corrected chi connectivity index (χ2v) is 4.43. The van der Waals surface area contributed by atoms with Crippen molar-refractivity contribution in [2.45, 2.75) is 13.5 Å². The third-order valence-corrected chi connectivity index (χ3v) is 2.99. The largest absolute Gasteiger partial charge is 0.222 e. The molecule has 0 aliphatic carbocycles. The molecule has 0 amide bonds. The highest BCUT2D eigenvalue weighted by atomic mass is 35.5. The van der Waals surface area contributed by atoms with Crippen LogP contribution in [0, 0.1) is 6.92 Å². The number of benzene rings is 1. The lowest BCUT2D eigenvalue weighted by Gasteiger charge is -2.02. The summed E-state index contributed by atoms with van der Waals surface area (Å²) in [5.41, 5.74) is 3.55. The minimum atomic E-state index is 0.329. The predicted octanol–water partition coefficient (Wildman–Crippen LogP) is 2.23. The Bertz CT molecular complexity index is 689. The summed E-state index contributed by atoms with van der Waals surface area (Å²) < 4.78 is 1.72. The van der Waals surface area contributed by atoms with E-state index in [1.807, 2.05) is 0 Å². The molecule has 0 radical (unpaired) electrons. The van der Waals surface area contributed by atoms with Crippen LogP contribution in [0.1, 0.15) is 11.1 Å². The first-order chi connectivity index (χ1) is 8.74. The van der Waals surface area contributed by atoms with Gasteiger partial charge in [-0.05, 0) is 12.5 Å². The molecule has 90 valence electrons. The van der Waals surface area contributed by atoms with E-state index in [1.54, 1.807) is 4.68 Å². The number of hydrogen-bond acceptors (Lipinski definition) is 4. The third kappa shape index (κ3) is 1.93. The van der Waals surface area contributed by atoms with E-state index >= 15 is 0 Å². The average Bonchev–Trinajstić information content (AvgIpc) is 2.77. The van der Waals surface area contributed by atoms with Crippen molar-refractivity contribution in [1.29, 1.82) is 0 Å². The van der Waals surface area contributed by atoms with Gasteiger partial charge >= 0.3 is 0 Å². The standard InChI is InChI=1S/C12H10ClN5/c1-8-2-4-9(5-3-8)6-18-12-10(16-17-18)11(13)14-7-15-12/h2-5,7H,6H2,1H3. The first kappa shape index (κ1) is 11.1. The molecule has 0 bridgehead atoms. The van der Waals surface area contributed by atoms with E-state index in [-0.39, 0.29) is 0 Å². The fraction of sp³-hybridized carbons (Fsp3) is 0.167. The molecule has 0 spiro atoms. The van der Waals surface area contributed by atoms with Crippen LogP contribution >= 0.6 is 11.6 Å². The molecular formula is C12H10ClN5. The van der Waals surface area contributed by atoms with E-state index in [4.69, 9.17) is 11.6 Å². The van der Waals surface area contributed by atoms with Crippen molar-refractivity contribution in [1.82, 2.24) is 25.0 Å². The van der Waals surface area contributed by atoms with Gasteiger partial charge in [-0.1, -0.05) is 46.6 Å². The van der Waals surface area contributed by atoms with Gasteiger partial charge in [0.25, 0.3) is 0 Å². The number of fused-ring (bicyclic) bond motifs is 1. The zero-order valence-electron chi connectivity index (χ0n) is 9.71. The Kier molecular flexibility index (Phi) is 2.68. The smallest absolute Gasteiger partial charge is 0.183 e. The number of aryl methyl sites for hydroxylation is 1. The number of halogens is 1. The van der Waals surface area contributed by atoms with Crippen molar-refractivity contribution in [3.63, 3.8) is 0 Å². The van der Waals surface area contributed by atoms with Gasteiger partial charge in [-0.15, -0.1) is 5.10 Å². The van der Waals surface area contributed by atoms with Gasteiger partial charge in [-0.3, -0.25) is 0 Å². The van der Waals surface area contributed by atoms with Crippen molar-refractivity contribution in [3.8, 4) is 0 Å². The second-order valence-electron chi connectivity index (χ2n) is 4.07. The lowest BCUT2D eigenvalue weighted by molar-refractivity contribution is 0.664. The minimum Gasteiger partial charge on any atom is -0.222 e. The highest BCUT2D eigenvalue weighted by Gasteiger charge is 2.09. The van der Waals surface area contributed by atoms with Crippen molar-refractivity contribution in [2.24, 2.45) is 0 Å². The van der Waals surface area contributed by atoms with Gasteiger partial charge in [0, 0.05) is 0 Å². The SMILES string of the molecule is Cc1ccc(Cn2nnc3c(Cl)ncnc32)cc1. The van der Waals surface area contributed by atoms with Gasteiger partial charge in [-0.25, -0.2) is 14.6 Å². The van der Waals surface area contributed by atoms with E-state index in [9.17, 15) is 0 Å². The Labute approximate surface area is 108 Å². The average molecular weight is 260 g/mol. The van der Waals surface area contributed by atoms with Crippen molar-refractivity contribution in [3.05, 3.63) is 46.9 Å². The molecule has 18 heavy (non-hydrogen) atoms. The summed E-state index contributed by atoms with van der Waals surface area (Å²) >= 11 is 5.93. The number of aromatic nitrogens is 5. The maximum Gasteiger partial charge on any atom is 0.183 e. The highest BCUT2D eigenvalue weighted by Crippen LogP contribution is 2.16. The maximum absolute atomic E-state index is 5.93. The van der Waals surface area contributed by atoms with Crippen LogP contribution in [0.2, 0.25) is 5.15 Å². The van der Waals surface area contributed by atoms with Crippen LogP contribution in [0.3, 0.4) is 0 Å². The van der Waals surface area contributed by atoms with Crippen molar-refractivity contribution in [2.75, 3.05) is 0 Å². The van der Waals surface area contributed by atoms with Gasteiger partial charge < -0.3 is 0 Å². The summed E-state index contributed by atoms with van der Waals surface area (Å²) in [5, 5.41) is 8.37. The molecule has 0 aliphatic heterocycles. The molecule has 3 aromatic rings. The molecule has 0 N–H and O–H groups in total. The molecule has 2 heterocycles. The predicted molar refractivity (Wildman–Crippen MR) is 68.4 cm³/mol. The highest BCUT2D eigenvalue weighted by molar-refractivity contribution is 6.33. The van der Waals surface area contributed by atoms with Crippen LogP contribution in [0.4, 0.5) is 0 Å². The molecule has 3 rings (SSSR count). The Hall–Kier alpha value is -2.01. The molecule has 0 saturated carbocycles. The molecular weight excluding hydrogens is 250 g/mol. The minimum absolute atomic E-state index is 0.329. The van der Waals surface area contributed by atoms with Gasteiger partial charge in [-0.2, -0.15) is 0 Å². The van der Waals surface area contributed by atoms with Crippen molar-refractivity contribution < 1.29 is 0 Å². The second kappa shape index (κ2) is 4.34. The van der Waals surface area contributed by atoms with Crippen LogP contribution in [-0.4, -0.2) is 25.0 Å². The zero-order valence-corrected chi connectivity index (χ0v) is 10.5. The van der Waals surface area contributed by atoms with Gasteiger partial charge in [0.05, 0.1) is 6.54 Å². The van der Waals surface area contributed by atoms with E-state index in [2.05, 4.69) is 51.5 Å². The molecule has 0 atom stereocenters. The third-order valence-electron chi connectivity index (χ3n) is 2.71. The molecule has 5 nitrogen and oxygen atoms in total. The molecule has 0 fully saturated rings. The Balaban J connectivity index is 2.00. The summed E-state index contributed by atoms with van der Waals surface area (Å²) in [7, 11) is 0. The Morgan fingerprint density at radius 3 is 2.72 bits per heavy atom. The Morgan fingerprint density at radius 2 is 1.94 bits per heavy atom. The van der Waals surface area contributed by atoms with Gasteiger partial charge in [0.1, 0.15) is 6.33 Å². The van der Waals surface area contributed by atoms with Crippen molar-refractivity contribution >= 4 is 22.8 Å². The van der Waals surface area contributed by atoms with E-state index in [0.29, 0.717) is 22.9 Å². The summed E-state index contributed by atoms with van der Waals surface area (Å²) in [6, 6.07) is 8.25. The lowest BCUT2D eigenvalue weighted by atomic mass is 10.1. The van der Waals surface area contributed by atoms with E-state index < -0.39 is 0 Å². The van der Waals surface area contributed by atoms with Crippen LogP contribution in [0.25, 0.3) is 11.2 Å². The van der Waals surface area contributed by atoms with Crippen LogP contribution in [0.5, 0.6) is 0 Å². The normalized spacial score (nSPS) is 11.0. The monoisotopic (exact) mass is 259 g/mol. The summed E-state index contributed by atoms with van der Waals surface area (Å²) in [6.45, 7) is 2.67. The first-order valence-corrected chi connectivity index (χ1v) is 5.87. The van der Waals surface area contributed by atoms with Crippen LogP contribution < -0.4 is 0 Å². The summed E-state index contributed by atoms with van der Waals surface area (Å²) in [6.07, 6.45) is 1.42. The van der Waals surface area contributed by atoms with Gasteiger partial charge in [0.2, 0.25) is 0 Å². The zero-order chi connectivity index (χ0) is 12.5. The van der Waals surface area contributed by atoms with Gasteiger partial charge in [0.15, 0.2) is 16.3 Å². The topological polar surface area (TPSA) is 56.5 Å². The first-order valence-electron chi connectivity index (χ1n) is 5.49. The van der Waals surface area contributed by atoms with E-state index in [1.165, 1.54) is 11.9 Å². The number of nitrogens with zero attached hydrogens (tertiary/aromatic N) is 5. The number of rotatable bonds is 2. The fourth-order valence-electron chi connectivity index (χ4n) is 1.74.